The van der Waals surface area contributed by atoms with E-state index in [1.54, 1.807) is 0 Å². The van der Waals surface area contributed by atoms with Crippen molar-refractivity contribution < 1.29 is 9.53 Å². The molecule has 1 heterocycles. The Hall–Kier alpha value is -1.39. The normalized spacial score (nSPS) is 21.4. The Bertz CT molecular complexity index is 487. The molecule has 1 aromatic rings. The van der Waals surface area contributed by atoms with Gasteiger partial charge in [-0.3, -0.25) is 9.69 Å². The highest BCUT2D eigenvalue weighted by atomic mass is 16.5. The van der Waals surface area contributed by atoms with Gasteiger partial charge in [-0.25, -0.2) is 0 Å². The molecule has 0 spiro atoms. The van der Waals surface area contributed by atoms with Gasteiger partial charge in [0.05, 0.1) is 18.8 Å². The lowest BCUT2D eigenvalue weighted by Gasteiger charge is -2.37. The van der Waals surface area contributed by atoms with Crippen molar-refractivity contribution in [1.82, 2.24) is 10.2 Å². The smallest absolute Gasteiger partial charge is 0.237 e. The number of benzene rings is 1. The molecule has 1 amide bonds. The molecule has 122 valence electrons. The second kappa shape index (κ2) is 7.25. The molecule has 2 unspecified atom stereocenters. The molecule has 1 saturated heterocycles. The third-order valence-electron chi connectivity index (χ3n) is 4.54. The summed E-state index contributed by atoms with van der Waals surface area (Å²) in [5, 5.41) is 3.14. The second-order valence-corrected chi connectivity index (χ2v) is 6.67. The highest BCUT2D eigenvalue weighted by Crippen LogP contribution is 2.23. The van der Waals surface area contributed by atoms with E-state index < -0.39 is 0 Å². The third kappa shape index (κ3) is 4.31. The van der Waals surface area contributed by atoms with E-state index in [-0.39, 0.29) is 23.6 Å². The zero-order valence-electron chi connectivity index (χ0n) is 14.1. The molecule has 0 saturated carbocycles. The number of nitrogens with one attached hydrogen (secondary N) is 1. The van der Waals surface area contributed by atoms with Gasteiger partial charge in [0.2, 0.25) is 5.91 Å². The molecule has 0 aromatic heterocycles. The molecule has 0 bridgehead atoms. The fraction of sp³-hybridized carbons (Fsp3) is 0.611. The summed E-state index contributed by atoms with van der Waals surface area (Å²) >= 11 is 0. The highest BCUT2D eigenvalue weighted by molar-refractivity contribution is 5.82. The summed E-state index contributed by atoms with van der Waals surface area (Å²) in [6.07, 6.45) is 0.964. The van der Waals surface area contributed by atoms with Gasteiger partial charge in [0.15, 0.2) is 0 Å². The van der Waals surface area contributed by atoms with E-state index >= 15 is 0 Å². The number of hydrogen-bond donors (Lipinski definition) is 1. The van der Waals surface area contributed by atoms with E-state index in [0.29, 0.717) is 6.61 Å². The molecular formula is C18H28N2O2. The first kappa shape index (κ1) is 17.0. The maximum absolute atomic E-state index is 12.5. The van der Waals surface area contributed by atoms with Crippen LogP contribution >= 0.6 is 0 Å². The van der Waals surface area contributed by atoms with Crippen LogP contribution in [0.1, 0.15) is 45.8 Å². The van der Waals surface area contributed by atoms with E-state index in [0.717, 1.165) is 19.5 Å². The first-order valence-electron chi connectivity index (χ1n) is 8.15. The molecule has 22 heavy (non-hydrogen) atoms. The molecule has 1 fully saturated rings. The van der Waals surface area contributed by atoms with Gasteiger partial charge in [-0.2, -0.15) is 0 Å². The minimum absolute atomic E-state index is 0.0457. The number of rotatable bonds is 5. The van der Waals surface area contributed by atoms with E-state index in [2.05, 4.69) is 43.1 Å². The van der Waals surface area contributed by atoms with E-state index in [1.165, 1.54) is 5.56 Å². The van der Waals surface area contributed by atoms with E-state index in [9.17, 15) is 4.79 Å². The Labute approximate surface area is 133 Å². The zero-order valence-corrected chi connectivity index (χ0v) is 14.1. The van der Waals surface area contributed by atoms with Gasteiger partial charge in [-0.15, -0.1) is 0 Å². The van der Waals surface area contributed by atoms with Crippen molar-refractivity contribution in [2.45, 2.75) is 51.8 Å². The van der Waals surface area contributed by atoms with Crippen molar-refractivity contribution in [2.75, 3.05) is 19.7 Å². The molecular weight excluding hydrogens is 276 g/mol. The van der Waals surface area contributed by atoms with Crippen molar-refractivity contribution in [1.29, 1.82) is 0 Å². The second-order valence-electron chi connectivity index (χ2n) is 6.67. The van der Waals surface area contributed by atoms with Crippen LogP contribution < -0.4 is 5.32 Å². The fourth-order valence-electron chi connectivity index (χ4n) is 2.58. The van der Waals surface area contributed by atoms with Gasteiger partial charge in [-0.05, 0) is 32.8 Å². The van der Waals surface area contributed by atoms with Crippen molar-refractivity contribution >= 4 is 5.91 Å². The average molecular weight is 304 g/mol. The standard InChI is InChI=1S/C18H28N2O2/c1-5-18(3,4)19-17(21)14(2)20-11-12-22-16(13-20)15-9-7-6-8-10-15/h6-10,14,16H,5,11-13H2,1-4H3,(H,19,21). The maximum atomic E-state index is 12.5. The summed E-state index contributed by atoms with van der Waals surface area (Å²) in [5.41, 5.74) is 1.02. The monoisotopic (exact) mass is 304 g/mol. The van der Waals surface area contributed by atoms with Crippen molar-refractivity contribution in [3.63, 3.8) is 0 Å². The Morgan fingerprint density at radius 1 is 1.41 bits per heavy atom. The molecule has 1 N–H and O–H groups in total. The zero-order chi connectivity index (χ0) is 16.2. The number of carbonyl (C=O) groups is 1. The number of carbonyl (C=O) groups excluding carboxylic acids is 1. The summed E-state index contributed by atoms with van der Waals surface area (Å²) < 4.78 is 5.87. The first-order chi connectivity index (χ1) is 10.4. The lowest BCUT2D eigenvalue weighted by Crippen LogP contribution is -2.54. The molecule has 1 aliphatic rings. The molecule has 0 aliphatic carbocycles. The third-order valence-corrected chi connectivity index (χ3v) is 4.54. The van der Waals surface area contributed by atoms with Gasteiger partial charge in [-0.1, -0.05) is 37.3 Å². The lowest BCUT2D eigenvalue weighted by atomic mass is 10.0. The average Bonchev–Trinajstić information content (AvgIpc) is 2.54. The molecule has 2 atom stereocenters. The van der Waals surface area contributed by atoms with Gasteiger partial charge in [0.25, 0.3) is 0 Å². The predicted octanol–water partition coefficient (Wildman–Crippen LogP) is 2.75. The molecule has 4 nitrogen and oxygen atoms in total. The summed E-state index contributed by atoms with van der Waals surface area (Å²) in [7, 11) is 0. The van der Waals surface area contributed by atoms with Crippen molar-refractivity contribution in [2.24, 2.45) is 0 Å². The van der Waals surface area contributed by atoms with Crippen LogP contribution in [0.3, 0.4) is 0 Å². The summed E-state index contributed by atoms with van der Waals surface area (Å²) in [6, 6.07) is 10.1. The number of ether oxygens (including phenoxy) is 1. The Morgan fingerprint density at radius 2 is 2.09 bits per heavy atom. The fourth-order valence-corrected chi connectivity index (χ4v) is 2.58. The van der Waals surface area contributed by atoms with Crippen LogP contribution in [0.25, 0.3) is 0 Å². The van der Waals surface area contributed by atoms with Crippen LogP contribution in [0.4, 0.5) is 0 Å². The van der Waals surface area contributed by atoms with Gasteiger partial charge in [0, 0.05) is 18.6 Å². The van der Waals surface area contributed by atoms with Crippen molar-refractivity contribution in [3.05, 3.63) is 35.9 Å². The van der Waals surface area contributed by atoms with Crippen molar-refractivity contribution in [3.8, 4) is 0 Å². The van der Waals surface area contributed by atoms with Crippen LogP contribution in [0, 0.1) is 0 Å². The Morgan fingerprint density at radius 3 is 2.73 bits per heavy atom. The van der Waals surface area contributed by atoms with Crippen LogP contribution in [-0.4, -0.2) is 42.1 Å². The number of nitrogens with zero attached hydrogens (tertiary/aromatic N) is 1. The SMILES string of the molecule is CCC(C)(C)NC(=O)C(C)N1CCOC(c2ccccc2)C1. The van der Waals surface area contributed by atoms with Gasteiger partial charge >= 0.3 is 0 Å². The number of amides is 1. The van der Waals surface area contributed by atoms with Crippen LogP contribution in [0.15, 0.2) is 30.3 Å². The minimum Gasteiger partial charge on any atom is -0.371 e. The molecule has 1 aromatic carbocycles. The maximum Gasteiger partial charge on any atom is 0.237 e. The minimum atomic E-state index is -0.156. The predicted molar refractivity (Wildman–Crippen MR) is 88.7 cm³/mol. The number of hydrogen-bond acceptors (Lipinski definition) is 3. The summed E-state index contributed by atoms with van der Waals surface area (Å²) in [4.78, 5) is 14.7. The number of morpholine rings is 1. The highest BCUT2D eigenvalue weighted by Gasteiger charge is 2.30. The quantitative estimate of drug-likeness (QED) is 0.909. The molecule has 2 rings (SSSR count). The largest absolute Gasteiger partial charge is 0.371 e. The van der Waals surface area contributed by atoms with E-state index in [4.69, 9.17) is 4.74 Å². The van der Waals surface area contributed by atoms with Crippen LogP contribution in [0.2, 0.25) is 0 Å². The first-order valence-corrected chi connectivity index (χ1v) is 8.15. The van der Waals surface area contributed by atoms with Crippen LogP contribution in [0.5, 0.6) is 0 Å². The lowest BCUT2D eigenvalue weighted by molar-refractivity contribution is -0.131. The molecule has 4 heteroatoms. The van der Waals surface area contributed by atoms with Crippen LogP contribution in [-0.2, 0) is 9.53 Å². The Kier molecular flexibility index (Phi) is 5.59. The summed E-state index contributed by atoms with van der Waals surface area (Å²) in [5.74, 6) is 0.0977. The van der Waals surface area contributed by atoms with E-state index in [1.807, 2.05) is 25.1 Å². The van der Waals surface area contributed by atoms with Gasteiger partial charge in [0.1, 0.15) is 0 Å². The Balaban J connectivity index is 1.98. The topological polar surface area (TPSA) is 41.6 Å². The summed E-state index contributed by atoms with van der Waals surface area (Å²) in [6.45, 7) is 10.4. The molecule has 0 radical (unpaired) electrons. The van der Waals surface area contributed by atoms with Gasteiger partial charge < -0.3 is 10.1 Å². The molecule has 1 aliphatic heterocycles.